The van der Waals surface area contributed by atoms with Crippen molar-refractivity contribution >= 4 is 50.6 Å². The molecule has 1 heterocycles. The summed E-state index contributed by atoms with van der Waals surface area (Å²) < 4.78 is 86.0. The second-order valence-corrected chi connectivity index (χ2v) is 12.5. The van der Waals surface area contributed by atoms with Crippen LogP contribution in [0.5, 0.6) is 5.75 Å². The molecule has 0 fully saturated rings. The van der Waals surface area contributed by atoms with Crippen molar-refractivity contribution in [2.24, 2.45) is 5.73 Å². The minimum atomic E-state index is -5.38. The predicted molar refractivity (Wildman–Crippen MR) is 127 cm³/mol. The highest BCUT2D eigenvalue weighted by molar-refractivity contribution is 7.92. The number of rotatable bonds is 8. The van der Waals surface area contributed by atoms with E-state index in [1.165, 1.54) is 25.1 Å². The second-order valence-electron chi connectivity index (χ2n) is 7.46. The van der Waals surface area contributed by atoms with Gasteiger partial charge >= 0.3 is 13.8 Å². The lowest BCUT2D eigenvalue weighted by Crippen LogP contribution is -2.29. The molecular formula is C20H18ClF3N3O6PS2. The molecule has 1 atom stereocenters. The molecule has 5 N–H and O–H groups in total. The molecule has 9 nitrogen and oxygen atoms in total. The summed E-state index contributed by atoms with van der Waals surface area (Å²) in [6, 6.07) is 6.21. The highest BCUT2D eigenvalue weighted by atomic mass is 35.5. The van der Waals surface area contributed by atoms with E-state index in [9.17, 15) is 35.9 Å². The summed E-state index contributed by atoms with van der Waals surface area (Å²) in [6.07, 6.45) is -5.03. The van der Waals surface area contributed by atoms with Gasteiger partial charge in [-0.1, -0.05) is 17.7 Å². The van der Waals surface area contributed by atoms with E-state index in [4.69, 9.17) is 27.3 Å². The van der Waals surface area contributed by atoms with Gasteiger partial charge in [0.15, 0.2) is 0 Å². The van der Waals surface area contributed by atoms with Gasteiger partial charge in [-0.2, -0.15) is 23.2 Å². The van der Waals surface area contributed by atoms with Gasteiger partial charge in [0.25, 0.3) is 10.0 Å². The van der Waals surface area contributed by atoms with E-state index < -0.39 is 46.3 Å². The topological polar surface area (TPSA) is 163 Å². The van der Waals surface area contributed by atoms with Crippen LogP contribution in [-0.2, 0) is 20.8 Å². The molecule has 0 bridgehead atoms. The number of hydrogen-bond donors (Lipinski definition) is 4. The first kappa shape index (κ1) is 28.4. The van der Waals surface area contributed by atoms with E-state index in [2.05, 4.69) is 0 Å². The van der Waals surface area contributed by atoms with Crippen LogP contribution in [0.3, 0.4) is 0 Å². The predicted octanol–water partition coefficient (Wildman–Crippen LogP) is 4.25. The number of fused-ring (bicyclic) bond motifs is 1. The number of thiophene rings is 1. The number of nitriles is 1. The van der Waals surface area contributed by atoms with Crippen molar-refractivity contribution in [3.8, 4) is 11.8 Å². The third-order valence-corrected chi connectivity index (χ3v) is 10.0. The summed E-state index contributed by atoms with van der Waals surface area (Å²) in [5.74, 6) is -2.04. The van der Waals surface area contributed by atoms with Crippen molar-refractivity contribution in [1.29, 1.82) is 5.26 Å². The largest absolute Gasteiger partial charge is 0.492 e. The number of nitrogens with one attached hydrogen (secondary N) is 1. The lowest BCUT2D eigenvalue weighted by atomic mass is 10.0. The molecule has 1 aromatic heterocycles. The molecular weight excluding hydrogens is 566 g/mol. The monoisotopic (exact) mass is 583 g/mol. The van der Waals surface area contributed by atoms with Crippen molar-refractivity contribution in [2.45, 2.75) is 23.1 Å². The van der Waals surface area contributed by atoms with Gasteiger partial charge in [-0.15, -0.1) is 11.3 Å². The van der Waals surface area contributed by atoms with E-state index >= 15 is 0 Å². The van der Waals surface area contributed by atoms with Crippen LogP contribution in [-0.4, -0.2) is 31.4 Å². The normalized spacial score (nSPS) is 13.5. The minimum Gasteiger partial charge on any atom is -0.492 e. The number of sulfonamides is 1. The Kier molecular flexibility index (Phi) is 8.10. The standard InChI is InChI=1S/C20H18ClF3N3O6PS2/c1-10-14-7-13(33-5-4-25)8-16(21)17(14)35-19(10)36(31,32)27-18(34(28,29)30)11-2-3-12(9-26)15(6-11)20(22,23)24/h2-3,6-8,18,27H,4-5,25H2,1H3,(H2,28,29,30). The van der Waals surface area contributed by atoms with Crippen molar-refractivity contribution in [3.05, 3.63) is 57.6 Å². The molecule has 36 heavy (non-hydrogen) atoms. The number of nitrogens with two attached hydrogens (primary N) is 1. The fourth-order valence-electron chi connectivity index (χ4n) is 3.34. The third kappa shape index (κ3) is 5.85. The van der Waals surface area contributed by atoms with Gasteiger partial charge in [0.2, 0.25) is 0 Å². The SMILES string of the molecule is Cc1c(S(=O)(=O)NC(c2ccc(C#N)c(C(F)(F)F)c2)P(=O)(O)O)sc2c(Cl)cc(OCCN)cc12. The summed E-state index contributed by atoms with van der Waals surface area (Å²) in [4.78, 5) is 19.7. The summed E-state index contributed by atoms with van der Waals surface area (Å²) in [5.41, 5.74) is 2.67. The smallest absolute Gasteiger partial charge is 0.417 e. The Morgan fingerprint density at radius 3 is 2.53 bits per heavy atom. The molecule has 194 valence electrons. The number of aryl methyl sites for hydroxylation is 1. The Hall–Kier alpha value is -2.21. The number of halogens is 4. The molecule has 0 saturated carbocycles. The minimum absolute atomic E-state index is 0.155. The van der Waals surface area contributed by atoms with Crippen LogP contribution in [0.2, 0.25) is 5.02 Å². The quantitative estimate of drug-likeness (QED) is 0.286. The molecule has 0 aliphatic carbocycles. The van der Waals surface area contributed by atoms with Crippen LogP contribution in [0.4, 0.5) is 13.2 Å². The summed E-state index contributed by atoms with van der Waals surface area (Å²) >= 11 is 6.98. The molecule has 0 saturated heterocycles. The van der Waals surface area contributed by atoms with Gasteiger partial charge in [0, 0.05) is 18.0 Å². The number of ether oxygens (including phenoxy) is 1. The average Bonchev–Trinajstić information content (AvgIpc) is 3.12. The highest BCUT2D eigenvalue weighted by Gasteiger charge is 2.39. The molecule has 16 heteroatoms. The van der Waals surface area contributed by atoms with Crippen molar-refractivity contribution < 1.29 is 40.7 Å². The van der Waals surface area contributed by atoms with Crippen LogP contribution in [0, 0.1) is 18.3 Å². The van der Waals surface area contributed by atoms with Gasteiger partial charge in [-0.3, -0.25) is 4.57 Å². The zero-order valence-corrected chi connectivity index (χ0v) is 21.5. The maximum absolute atomic E-state index is 13.4. The molecule has 0 amide bonds. The number of alkyl halides is 3. The Labute approximate surface area is 212 Å². The fourth-order valence-corrected chi connectivity index (χ4v) is 7.99. The van der Waals surface area contributed by atoms with E-state index in [0.717, 1.165) is 6.07 Å². The molecule has 3 rings (SSSR count). The average molecular weight is 584 g/mol. The van der Waals surface area contributed by atoms with Gasteiger partial charge in [0.05, 0.1) is 26.9 Å². The number of benzene rings is 2. The first-order chi connectivity index (χ1) is 16.6. The zero-order valence-electron chi connectivity index (χ0n) is 18.2. The molecule has 3 aromatic rings. The number of hydrogen-bond acceptors (Lipinski definition) is 7. The van der Waals surface area contributed by atoms with E-state index in [0.29, 0.717) is 39.3 Å². The van der Waals surface area contributed by atoms with Crippen molar-refractivity contribution in [2.75, 3.05) is 13.2 Å². The highest BCUT2D eigenvalue weighted by Crippen LogP contribution is 2.52. The summed E-state index contributed by atoms with van der Waals surface area (Å²) in [5, 5.41) is 9.50. The Bertz CT molecular complexity index is 1520. The van der Waals surface area contributed by atoms with E-state index in [1.54, 1.807) is 0 Å². The second kappa shape index (κ2) is 10.3. The van der Waals surface area contributed by atoms with Gasteiger partial charge in [0.1, 0.15) is 22.3 Å². The Balaban J connectivity index is 2.11. The summed E-state index contributed by atoms with van der Waals surface area (Å²) in [7, 11) is -10.1. The van der Waals surface area contributed by atoms with Gasteiger partial charge in [-0.05, 0) is 36.2 Å². The van der Waals surface area contributed by atoms with Crippen LogP contribution < -0.4 is 15.2 Å². The van der Waals surface area contributed by atoms with Crippen molar-refractivity contribution in [1.82, 2.24) is 4.72 Å². The molecule has 0 aliphatic heterocycles. The lowest BCUT2D eigenvalue weighted by Gasteiger charge is -2.21. The Morgan fingerprint density at radius 2 is 1.97 bits per heavy atom. The molecule has 1 unspecified atom stereocenters. The first-order valence-electron chi connectivity index (χ1n) is 9.84. The van der Waals surface area contributed by atoms with E-state index in [-0.39, 0.29) is 27.9 Å². The molecule has 2 aromatic carbocycles. The van der Waals surface area contributed by atoms with Crippen LogP contribution >= 0.6 is 30.5 Å². The van der Waals surface area contributed by atoms with Gasteiger partial charge < -0.3 is 20.3 Å². The molecule has 0 radical (unpaired) electrons. The number of nitrogens with zero attached hydrogens (tertiary/aromatic N) is 1. The maximum atomic E-state index is 13.4. The van der Waals surface area contributed by atoms with Gasteiger partial charge in [-0.25, -0.2) is 8.42 Å². The van der Waals surface area contributed by atoms with Crippen molar-refractivity contribution in [3.63, 3.8) is 0 Å². The van der Waals surface area contributed by atoms with Crippen LogP contribution in [0.15, 0.2) is 34.5 Å². The zero-order chi connectivity index (χ0) is 27.1. The molecule has 0 spiro atoms. The molecule has 0 aliphatic rings. The third-order valence-electron chi connectivity index (χ3n) is 4.94. The van der Waals surface area contributed by atoms with Crippen LogP contribution in [0.25, 0.3) is 10.1 Å². The Morgan fingerprint density at radius 1 is 1.31 bits per heavy atom. The lowest BCUT2D eigenvalue weighted by molar-refractivity contribution is -0.137. The fraction of sp³-hybridized carbons (Fsp3) is 0.250. The first-order valence-corrected chi connectivity index (χ1v) is 14.2. The van der Waals surface area contributed by atoms with Crippen LogP contribution in [0.1, 0.15) is 28.0 Å². The summed E-state index contributed by atoms with van der Waals surface area (Å²) in [6.45, 7) is 1.83. The van der Waals surface area contributed by atoms with E-state index in [1.807, 2.05) is 4.72 Å². The maximum Gasteiger partial charge on any atom is 0.417 e.